The first kappa shape index (κ1) is 21.6. The molecule has 0 bridgehead atoms. The summed E-state index contributed by atoms with van der Waals surface area (Å²) in [5.41, 5.74) is 15.7. The lowest BCUT2D eigenvalue weighted by atomic mass is 9.72. The van der Waals surface area contributed by atoms with Gasteiger partial charge in [-0.05, 0) is 79.8 Å². The highest BCUT2D eigenvalue weighted by Crippen LogP contribution is 2.60. The summed E-state index contributed by atoms with van der Waals surface area (Å²) in [7, 11) is 0. The van der Waals surface area contributed by atoms with Gasteiger partial charge in [0, 0.05) is 10.8 Å². The first-order chi connectivity index (χ1) is 17.3. The minimum atomic E-state index is -0.0681. The standard InChI is InChI=1S/C36H32/c1-22-14-16-23(17-15-22)20-24-21-31-32(27-12-7-6-10-25(24)27)29-19-18-28-26-11-8-9-13-30(26)35(2,3)33(28)34(29)36(31,4)5/h6-19,21H,20H2,1-5H3. The van der Waals surface area contributed by atoms with Crippen LogP contribution < -0.4 is 0 Å². The number of hydrogen-bond donors (Lipinski definition) is 0. The second kappa shape index (κ2) is 7.20. The smallest absolute Gasteiger partial charge is 0.0162 e. The van der Waals surface area contributed by atoms with Crippen molar-refractivity contribution in [3.05, 3.63) is 130 Å². The highest BCUT2D eigenvalue weighted by Gasteiger charge is 2.46. The molecule has 0 heteroatoms. The van der Waals surface area contributed by atoms with Gasteiger partial charge in [0.25, 0.3) is 0 Å². The van der Waals surface area contributed by atoms with Crippen LogP contribution in [0.5, 0.6) is 0 Å². The molecule has 0 unspecified atom stereocenters. The van der Waals surface area contributed by atoms with E-state index >= 15 is 0 Å². The van der Waals surface area contributed by atoms with E-state index in [9.17, 15) is 0 Å². The lowest BCUT2D eigenvalue weighted by Crippen LogP contribution is -2.24. The first-order valence-corrected chi connectivity index (χ1v) is 13.2. The number of aryl methyl sites for hydroxylation is 1. The van der Waals surface area contributed by atoms with Gasteiger partial charge in [0.05, 0.1) is 0 Å². The second-order valence-corrected chi connectivity index (χ2v) is 11.9. The molecule has 0 nitrogen and oxygen atoms in total. The minimum absolute atomic E-state index is 0.0168. The van der Waals surface area contributed by atoms with E-state index in [0.717, 1.165) is 6.42 Å². The molecule has 0 saturated heterocycles. The number of hydrogen-bond acceptors (Lipinski definition) is 0. The van der Waals surface area contributed by atoms with Crippen molar-refractivity contribution in [2.45, 2.75) is 51.9 Å². The third-order valence-electron chi connectivity index (χ3n) is 8.93. The zero-order chi connectivity index (χ0) is 24.8. The summed E-state index contributed by atoms with van der Waals surface area (Å²) in [5, 5.41) is 2.76. The zero-order valence-electron chi connectivity index (χ0n) is 21.9. The SMILES string of the molecule is Cc1ccc(Cc2cc3c(c4ccccc24)-c2ccc4c(c2C3(C)C)C(C)(C)c2ccccc2-4)cc1. The Morgan fingerprint density at radius 2 is 1.17 bits per heavy atom. The van der Waals surface area contributed by atoms with Crippen molar-refractivity contribution >= 4 is 10.8 Å². The maximum absolute atomic E-state index is 2.53. The molecular weight excluding hydrogens is 432 g/mol. The molecule has 7 rings (SSSR count). The molecule has 176 valence electrons. The first-order valence-electron chi connectivity index (χ1n) is 13.2. The molecule has 36 heavy (non-hydrogen) atoms. The quantitative estimate of drug-likeness (QED) is 0.244. The summed E-state index contributed by atoms with van der Waals surface area (Å²) >= 11 is 0. The van der Waals surface area contributed by atoms with Crippen LogP contribution in [0.2, 0.25) is 0 Å². The maximum Gasteiger partial charge on any atom is 0.0162 e. The van der Waals surface area contributed by atoms with Crippen LogP contribution >= 0.6 is 0 Å². The number of rotatable bonds is 2. The van der Waals surface area contributed by atoms with Crippen LogP contribution in [-0.4, -0.2) is 0 Å². The third kappa shape index (κ3) is 2.76. The van der Waals surface area contributed by atoms with Crippen LogP contribution in [0.25, 0.3) is 33.0 Å². The second-order valence-electron chi connectivity index (χ2n) is 11.9. The van der Waals surface area contributed by atoms with Crippen molar-refractivity contribution in [2.75, 3.05) is 0 Å². The predicted molar refractivity (Wildman–Crippen MR) is 153 cm³/mol. The van der Waals surface area contributed by atoms with Crippen LogP contribution in [0.15, 0.2) is 91.0 Å². The summed E-state index contributed by atoms with van der Waals surface area (Å²) in [4.78, 5) is 0. The summed E-state index contributed by atoms with van der Waals surface area (Å²) in [5.74, 6) is 0. The summed E-state index contributed by atoms with van der Waals surface area (Å²) in [6.45, 7) is 11.9. The summed E-state index contributed by atoms with van der Waals surface area (Å²) in [6, 6.07) is 34.4. The monoisotopic (exact) mass is 464 g/mol. The van der Waals surface area contributed by atoms with Crippen LogP contribution in [0.3, 0.4) is 0 Å². The van der Waals surface area contributed by atoms with Gasteiger partial charge < -0.3 is 0 Å². The lowest BCUT2D eigenvalue weighted by Gasteiger charge is -2.31. The van der Waals surface area contributed by atoms with Crippen molar-refractivity contribution in [3.8, 4) is 22.3 Å². The van der Waals surface area contributed by atoms with E-state index in [-0.39, 0.29) is 10.8 Å². The summed E-state index contributed by atoms with van der Waals surface area (Å²) in [6.07, 6.45) is 0.954. The lowest BCUT2D eigenvalue weighted by molar-refractivity contribution is 0.601. The minimum Gasteiger partial charge on any atom is -0.0619 e. The Kier molecular flexibility index (Phi) is 4.33. The van der Waals surface area contributed by atoms with E-state index in [4.69, 9.17) is 0 Å². The molecule has 2 aliphatic rings. The van der Waals surface area contributed by atoms with Gasteiger partial charge in [0.15, 0.2) is 0 Å². The van der Waals surface area contributed by atoms with Crippen LogP contribution in [0.4, 0.5) is 0 Å². The fourth-order valence-corrected chi connectivity index (χ4v) is 7.17. The highest BCUT2D eigenvalue weighted by molar-refractivity contribution is 6.05. The molecule has 0 fully saturated rings. The molecule has 0 aliphatic heterocycles. The fourth-order valence-electron chi connectivity index (χ4n) is 7.17. The van der Waals surface area contributed by atoms with Crippen molar-refractivity contribution in [2.24, 2.45) is 0 Å². The van der Waals surface area contributed by atoms with E-state index in [1.165, 1.54) is 72.0 Å². The predicted octanol–water partition coefficient (Wildman–Crippen LogP) is 9.35. The van der Waals surface area contributed by atoms with Gasteiger partial charge in [-0.25, -0.2) is 0 Å². The molecule has 0 spiro atoms. The molecule has 0 saturated carbocycles. The maximum atomic E-state index is 2.53. The van der Waals surface area contributed by atoms with Gasteiger partial charge in [-0.2, -0.15) is 0 Å². The van der Waals surface area contributed by atoms with Gasteiger partial charge >= 0.3 is 0 Å². The average Bonchev–Trinajstić information content (AvgIpc) is 3.25. The average molecular weight is 465 g/mol. The molecule has 0 N–H and O–H groups in total. The van der Waals surface area contributed by atoms with Crippen molar-refractivity contribution in [1.29, 1.82) is 0 Å². The Morgan fingerprint density at radius 1 is 0.556 bits per heavy atom. The Balaban J connectivity index is 1.51. The molecule has 5 aromatic rings. The van der Waals surface area contributed by atoms with Crippen LogP contribution in [0.1, 0.15) is 66.6 Å². The summed E-state index contributed by atoms with van der Waals surface area (Å²) < 4.78 is 0. The number of benzene rings is 5. The Labute approximate surface area is 214 Å². The van der Waals surface area contributed by atoms with Crippen molar-refractivity contribution in [1.82, 2.24) is 0 Å². The largest absolute Gasteiger partial charge is 0.0619 e. The van der Waals surface area contributed by atoms with Crippen molar-refractivity contribution in [3.63, 3.8) is 0 Å². The van der Waals surface area contributed by atoms with Gasteiger partial charge in [-0.3, -0.25) is 0 Å². The normalized spacial score (nSPS) is 15.9. The molecule has 0 amide bonds. The van der Waals surface area contributed by atoms with E-state index < -0.39 is 0 Å². The molecule has 0 aromatic heterocycles. The Morgan fingerprint density at radius 3 is 1.94 bits per heavy atom. The van der Waals surface area contributed by atoms with E-state index in [2.05, 4.69) is 126 Å². The van der Waals surface area contributed by atoms with Gasteiger partial charge in [-0.1, -0.05) is 124 Å². The molecule has 0 heterocycles. The molecule has 5 aromatic carbocycles. The van der Waals surface area contributed by atoms with Crippen LogP contribution in [-0.2, 0) is 17.3 Å². The Bertz CT molecular complexity index is 1690. The molecule has 0 radical (unpaired) electrons. The van der Waals surface area contributed by atoms with Crippen molar-refractivity contribution < 1.29 is 0 Å². The van der Waals surface area contributed by atoms with Gasteiger partial charge in [-0.15, -0.1) is 0 Å². The zero-order valence-corrected chi connectivity index (χ0v) is 21.9. The van der Waals surface area contributed by atoms with E-state index in [1.807, 2.05) is 0 Å². The van der Waals surface area contributed by atoms with E-state index in [1.54, 1.807) is 0 Å². The topological polar surface area (TPSA) is 0 Å². The van der Waals surface area contributed by atoms with Gasteiger partial charge in [0.1, 0.15) is 0 Å². The Hall–Kier alpha value is -3.64. The fraction of sp³-hybridized carbons (Fsp3) is 0.222. The third-order valence-corrected chi connectivity index (χ3v) is 8.93. The molecular formula is C36H32. The molecule has 2 aliphatic carbocycles. The van der Waals surface area contributed by atoms with E-state index in [0.29, 0.717) is 0 Å². The van der Waals surface area contributed by atoms with Gasteiger partial charge in [0.2, 0.25) is 0 Å². The molecule has 0 atom stereocenters. The number of fused-ring (bicyclic) bond motifs is 9. The van der Waals surface area contributed by atoms with Crippen LogP contribution in [0, 0.1) is 6.92 Å². The highest BCUT2D eigenvalue weighted by atomic mass is 14.5.